The predicted octanol–water partition coefficient (Wildman–Crippen LogP) is 1.11. The van der Waals surface area contributed by atoms with Gasteiger partial charge in [0.1, 0.15) is 0 Å². The lowest BCUT2D eigenvalue weighted by molar-refractivity contribution is -0.0334. The molecule has 0 N–H and O–H groups in total. The molecule has 2 aliphatic rings. The van der Waals surface area contributed by atoms with E-state index >= 15 is 0 Å². The van der Waals surface area contributed by atoms with Gasteiger partial charge in [0, 0.05) is 27.4 Å². The van der Waals surface area contributed by atoms with Gasteiger partial charge in [-0.1, -0.05) is 0 Å². The summed E-state index contributed by atoms with van der Waals surface area (Å²) in [7, 11) is 3.30. The van der Waals surface area contributed by atoms with E-state index in [1.165, 1.54) is 12.8 Å². The highest BCUT2D eigenvalue weighted by Crippen LogP contribution is 1.98. The molecule has 5 nitrogen and oxygen atoms in total. The Balaban J connectivity index is 0.000000227. The Labute approximate surface area is 104 Å². The quantitative estimate of drug-likeness (QED) is 0.702. The maximum absolute atomic E-state index is 4.94. The first-order valence-corrected chi connectivity index (χ1v) is 6.13. The zero-order valence-electron chi connectivity index (χ0n) is 11.1. The smallest absolute Gasteiger partial charge is 0.0701 e. The summed E-state index contributed by atoms with van der Waals surface area (Å²) < 4.78 is 24.1. The summed E-state index contributed by atoms with van der Waals surface area (Å²) in [5.74, 6) is 0. The standard InChI is InChI=1S/C4H8O2.C4H10O2.C4H8O/c1-2-6-4-3-5-1;1-5-3-4-6-2;1-2-4-5-3-1/h1-4H2;3-4H2,1-2H3;1-4H2. The van der Waals surface area contributed by atoms with Crippen LogP contribution in [0.1, 0.15) is 12.8 Å². The van der Waals surface area contributed by atoms with E-state index in [0.29, 0.717) is 13.2 Å². The Morgan fingerprint density at radius 3 is 1.18 bits per heavy atom. The second-order valence-electron chi connectivity index (χ2n) is 3.53. The van der Waals surface area contributed by atoms with Crippen molar-refractivity contribution in [2.45, 2.75) is 12.8 Å². The fourth-order valence-corrected chi connectivity index (χ4v) is 1.12. The van der Waals surface area contributed by atoms with Crippen molar-refractivity contribution in [3.05, 3.63) is 0 Å². The minimum absolute atomic E-state index is 0.691. The molecule has 0 aromatic rings. The normalized spacial score (nSPS) is 18.7. The molecule has 0 spiro atoms. The Bertz CT molecular complexity index is 101. The van der Waals surface area contributed by atoms with Crippen LogP contribution in [0, 0.1) is 0 Å². The van der Waals surface area contributed by atoms with E-state index in [4.69, 9.17) is 14.2 Å². The molecule has 0 bridgehead atoms. The lowest BCUT2D eigenvalue weighted by Gasteiger charge is -2.09. The second kappa shape index (κ2) is 15.8. The molecule has 0 radical (unpaired) electrons. The van der Waals surface area contributed by atoms with Crippen molar-refractivity contribution in [3.63, 3.8) is 0 Å². The fourth-order valence-electron chi connectivity index (χ4n) is 1.12. The van der Waals surface area contributed by atoms with Crippen molar-refractivity contribution in [2.75, 3.05) is 67.1 Å². The largest absolute Gasteiger partial charge is 0.382 e. The van der Waals surface area contributed by atoms with Gasteiger partial charge in [-0.25, -0.2) is 0 Å². The molecule has 2 aliphatic heterocycles. The van der Waals surface area contributed by atoms with Gasteiger partial charge in [0.25, 0.3) is 0 Å². The van der Waals surface area contributed by atoms with Crippen molar-refractivity contribution < 1.29 is 23.7 Å². The van der Waals surface area contributed by atoms with Crippen LogP contribution in [0.4, 0.5) is 0 Å². The Kier molecular flexibility index (Phi) is 15.6. The van der Waals surface area contributed by atoms with Crippen LogP contribution in [-0.4, -0.2) is 67.1 Å². The van der Waals surface area contributed by atoms with E-state index in [1.807, 2.05) is 0 Å². The van der Waals surface area contributed by atoms with Crippen molar-refractivity contribution in [3.8, 4) is 0 Å². The van der Waals surface area contributed by atoms with Crippen molar-refractivity contribution in [1.29, 1.82) is 0 Å². The third-order valence-electron chi connectivity index (χ3n) is 2.06. The third-order valence-corrected chi connectivity index (χ3v) is 2.06. The molecule has 0 aliphatic carbocycles. The molecular weight excluding hydrogens is 224 g/mol. The summed E-state index contributed by atoms with van der Waals surface area (Å²) >= 11 is 0. The topological polar surface area (TPSA) is 46.2 Å². The number of hydrogen-bond donors (Lipinski definition) is 0. The van der Waals surface area contributed by atoms with Gasteiger partial charge in [0.15, 0.2) is 0 Å². The Hall–Kier alpha value is -0.200. The Morgan fingerprint density at radius 2 is 1.00 bits per heavy atom. The third kappa shape index (κ3) is 15.8. The molecule has 2 heterocycles. The van der Waals surface area contributed by atoms with E-state index in [9.17, 15) is 0 Å². The lowest BCUT2D eigenvalue weighted by atomic mass is 10.4. The first kappa shape index (κ1) is 16.8. The van der Waals surface area contributed by atoms with Crippen molar-refractivity contribution in [2.24, 2.45) is 0 Å². The maximum Gasteiger partial charge on any atom is 0.0701 e. The first-order valence-electron chi connectivity index (χ1n) is 6.13. The molecule has 0 unspecified atom stereocenters. The average molecular weight is 250 g/mol. The van der Waals surface area contributed by atoms with Crippen LogP contribution in [0.15, 0.2) is 0 Å². The summed E-state index contributed by atoms with van der Waals surface area (Å²) in [6.45, 7) is 6.49. The van der Waals surface area contributed by atoms with Gasteiger partial charge in [-0.2, -0.15) is 0 Å². The molecule has 2 saturated heterocycles. The predicted molar refractivity (Wildman–Crippen MR) is 65.4 cm³/mol. The van der Waals surface area contributed by atoms with Crippen LogP contribution in [-0.2, 0) is 23.7 Å². The van der Waals surface area contributed by atoms with Gasteiger partial charge in [0.2, 0.25) is 0 Å². The molecule has 0 saturated carbocycles. The highest BCUT2D eigenvalue weighted by Gasteiger charge is 1.95. The minimum atomic E-state index is 0.691. The van der Waals surface area contributed by atoms with E-state index in [1.54, 1.807) is 14.2 Å². The van der Waals surface area contributed by atoms with Crippen LogP contribution >= 0.6 is 0 Å². The van der Waals surface area contributed by atoms with Crippen LogP contribution in [0.3, 0.4) is 0 Å². The van der Waals surface area contributed by atoms with Gasteiger partial charge in [-0.15, -0.1) is 0 Å². The average Bonchev–Trinajstić information content (AvgIpc) is 2.98. The zero-order chi connectivity index (χ0) is 12.6. The molecule has 0 aromatic heterocycles. The van der Waals surface area contributed by atoms with Gasteiger partial charge in [-0.05, 0) is 12.8 Å². The summed E-state index contributed by atoms with van der Waals surface area (Å²) in [6.07, 6.45) is 2.56. The zero-order valence-corrected chi connectivity index (χ0v) is 11.1. The maximum atomic E-state index is 4.94. The SMILES string of the molecule is C1CCOC1.C1COCCO1.COCCOC. The van der Waals surface area contributed by atoms with Gasteiger partial charge in [0.05, 0.1) is 39.6 Å². The van der Waals surface area contributed by atoms with Gasteiger partial charge >= 0.3 is 0 Å². The lowest BCUT2D eigenvalue weighted by Crippen LogP contribution is -2.16. The Morgan fingerprint density at radius 1 is 0.647 bits per heavy atom. The van der Waals surface area contributed by atoms with Crippen LogP contribution in [0.2, 0.25) is 0 Å². The summed E-state index contributed by atoms with van der Waals surface area (Å²) in [5, 5.41) is 0. The molecule has 0 atom stereocenters. The second-order valence-corrected chi connectivity index (χ2v) is 3.53. The van der Waals surface area contributed by atoms with Gasteiger partial charge in [-0.3, -0.25) is 0 Å². The van der Waals surface area contributed by atoms with E-state index in [-0.39, 0.29) is 0 Å². The number of rotatable bonds is 3. The number of methoxy groups -OCH3 is 2. The highest BCUT2D eigenvalue weighted by molar-refractivity contribution is 4.43. The fraction of sp³-hybridized carbons (Fsp3) is 1.00. The molecule has 104 valence electrons. The molecular formula is C12H26O5. The van der Waals surface area contributed by atoms with Crippen LogP contribution in [0.5, 0.6) is 0 Å². The molecule has 17 heavy (non-hydrogen) atoms. The summed E-state index contributed by atoms with van der Waals surface area (Å²) in [6, 6.07) is 0. The first-order chi connectivity index (χ1) is 8.41. The molecule has 2 rings (SSSR count). The van der Waals surface area contributed by atoms with Crippen molar-refractivity contribution in [1.82, 2.24) is 0 Å². The highest BCUT2D eigenvalue weighted by atomic mass is 16.6. The summed E-state index contributed by atoms with van der Waals surface area (Å²) in [5.41, 5.74) is 0. The van der Waals surface area contributed by atoms with Crippen LogP contribution < -0.4 is 0 Å². The molecule has 5 heteroatoms. The number of ether oxygens (including phenoxy) is 5. The molecule has 0 aromatic carbocycles. The van der Waals surface area contributed by atoms with Crippen molar-refractivity contribution >= 4 is 0 Å². The van der Waals surface area contributed by atoms with E-state index in [2.05, 4.69) is 9.47 Å². The van der Waals surface area contributed by atoms with E-state index in [0.717, 1.165) is 39.6 Å². The summed E-state index contributed by atoms with van der Waals surface area (Å²) in [4.78, 5) is 0. The van der Waals surface area contributed by atoms with Crippen LogP contribution in [0.25, 0.3) is 0 Å². The molecule has 0 amide bonds. The number of hydrogen-bond acceptors (Lipinski definition) is 5. The molecule has 2 fully saturated rings. The minimum Gasteiger partial charge on any atom is -0.382 e. The van der Waals surface area contributed by atoms with E-state index < -0.39 is 0 Å². The van der Waals surface area contributed by atoms with Gasteiger partial charge < -0.3 is 23.7 Å². The monoisotopic (exact) mass is 250 g/mol.